The molecule has 1 N–H and O–H groups in total. The van der Waals surface area contributed by atoms with Crippen molar-refractivity contribution in [3.8, 4) is 5.75 Å². The number of carboxylic acid groups (broad SMARTS) is 1. The number of amides is 1. The fourth-order valence-corrected chi connectivity index (χ4v) is 3.67. The molecule has 7 nitrogen and oxygen atoms in total. The Morgan fingerprint density at radius 3 is 2.35 bits per heavy atom. The molecule has 0 saturated carbocycles. The Hall–Kier alpha value is -2.35. The maximum absolute atomic E-state index is 14.9. The molecule has 0 spiro atoms. The van der Waals surface area contributed by atoms with Gasteiger partial charge in [-0.1, -0.05) is 32.9 Å². The number of carbonyl (C=O) groups is 2. The van der Waals surface area contributed by atoms with Gasteiger partial charge in [0.2, 0.25) is 0 Å². The van der Waals surface area contributed by atoms with Crippen LogP contribution in [-0.4, -0.2) is 64.9 Å². The molecule has 1 aromatic carbocycles. The van der Waals surface area contributed by atoms with Crippen molar-refractivity contribution in [2.75, 3.05) is 26.2 Å². The number of benzene rings is 1. The maximum Gasteiger partial charge on any atom is 0.407 e. The van der Waals surface area contributed by atoms with Crippen LogP contribution in [0.1, 0.15) is 52.7 Å². The maximum atomic E-state index is 14.9. The largest absolute Gasteiger partial charge is 0.478 e. The standard InChI is InChI=1S/C23H35FN2O5/c1-15-8-9-16(20(19(15)24)30-14-18(27)31-23(5,6)7)12-25-10-11-26(21(28)29)17(13-25)22(2,3)4/h8-9,17H,10-14H2,1-7H3,(H,28,29). The van der Waals surface area contributed by atoms with E-state index in [0.717, 1.165) is 0 Å². The third kappa shape index (κ3) is 6.82. The Kier molecular flexibility index (Phi) is 7.57. The number of esters is 1. The number of hydrogen-bond donors (Lipinski definition) is 1. The van der Waals surface area contributed by atoms with Gasteiger partial charge in [-0.2, -0.15) is 0 Å². The van der Waals surface area contributed by atoms with E-state index in [-0.39, 0.29) is 23.8 Å². The number of halogens is 1. The second-order valence-electron chi connectivity index (χ2n) is 10.2. The Bertz CT molecular complexity index is 813. The van der Waals surface area contributed by atoms with Gasteiger partial charge in [-0.15, -0.1) is 0 Å². The van der Waals surface area contributed by atoms with E-state index in [2.05, 4.69) is 4.90 Å². The molecule has 0 bridgehead atoms. The van der Waals surface area contributed by atoms with Crippen LogP contribution < -0.4 is 4.74 Å². The van der Waals surface area contributed by atoms with Gasteiger partial charge in [0.25, 0.3) is 0 Å². The summed E-state index contributed by atoms with van der Waals surface area (Å²) in [5.74, 6) is -1.03. The van der Waals surface area contributed by atoms with E-state index in [9.17, 15) is 19.1 Å². The molecular weight excluding hydrogens is 403 g/mol. The van der Waals surface area contributed by atoms with Crippen LogP contribution in [0.4, 0.5) is 9.18 Å². The third-order valence-electron chi connectivity index (χ3n) is 5.23. The normalized spacial score (nSPS) is 18.1. The van der Waals surface area contributed by atoms with Gasteiger partial charge in [0, 0.05) is 31.7 Å². The summed E-state index contributed by atoms with van der Waals surface area (Å²) in [5.41, 5.74) is 0.139. The van der Waals surface area contributed by atoms with Crippen molar-refractivity contribution in [2.24, 2.45) is 5.41 Å². The van der Waals surface area contributed by atoms with Crippen LogP contribution in [0.3, 0.4) is 0 Å². The lowest BCUT2D eigenvalue weighted by atomic mass is 9.84. The number of aryl methyl sites for hydroxylation is 1. The minimum absolute atomic E-state index is 0.0406. The molecule has 1 atom stereocenters. The first kappa shape index (κ1) is 24.9. The summed E-state index contributed by atoms with van der Waals surface area (Å²) < 4.78 is 25.7. The van der Waals surface area contributed by atoms with Gasteiger partial charge >= 0.3 is 12.1 Å². The summed E-state index contributed by atoms with van der Waals surface area (Å²) in [6, 6.07) is 3.28. The van der Waals surface area contributed by atoms with Crippen molar-refractivity contribution >= 4 is 12.1 Å². The van der Waals surface area contributed by atoms with Gasteiger partial charge in [0.05, 0.1) is 6.04 Å². The smallest absolute Gasteiger partial charge is 0.407 e. The Morgan fingerprint density at radius 2 is 1.81 bits per heavy atom. The van der Waals surface area contributed by atoms with Crippen molar-refractivity contribution in [2.45, 2.75) is 66.7 Å². The topological polar surface area (TPSA) is 79.3 Å². The van der Waals surface area contributed by atoms with E-state index in [4.69, 9.17) is 9.47 Å². The third-order valence-corrected chi connectivity index (χ3v) is 5.23. The highest BCUT2D eigenvalue weighted by Crippen LogP contribution is 2.31. The molecule has 31 heavy (non-hydrogen) atoms. The van der Waals surface area contributed by atoms with Crippen LogP contribution in [0.2, 0.25) is 0 Å². The Labute approximate surface area is 184 Å². The molecule has 1 aromatic rings. The van der Waals surface area contributed by atoms with Gasteiger partial charge < -0.3 is 19.5 Å². The zero-order chi connectivity index (χ0) is 23.6. The summed E-state index contributed by atoms with van der Waals surface area (Å²) in [4.78, 5) is 27.3. The predicted octanol–water partition coefficient (Wildman–Crippen LogP) is 4.06. The lowest BCUT2D eigenvalue weighted by Gasteiger charge is -2.46. The van der Waals surface area contributed by atoms with Crippen molar-refractivity contribution in [1.82, 2.24) is 9.80 Å². The zero-order valence-corrected chi connectivity index (χ0v) is 19.6. The lowest BCUT2D eigenvalue weighted by Crippen LogP contribution is -2.59. The van der Waals surface area contributed by atoms with Crippen molar-refractivity contribution in [1.29, 1.82) is 0 Å². The van der Waals surface area contributed by atoms with Crippen molar-refractivity contribution < 1.29 is 28.6 Å². The van der Waals surface area contributed by atoms with Gasteiger partial charge in [-0.25, -0.2) is 14.0 Å². The van der Waals surface area contributed by atoms with E-state index in [1.54, 1.807) is 39.8 Å². The number of rotatable bonds is 5. The average molecular weight is 439 g/mol. The molecule has 174 valence electrons. The minimum atomic E-state index is -0.928. The number of nitrogens with zero attached hydrogens (tertiary/aromatic N) is 2. The van der Waals surface area contributed by atoms with Gasteiger partial charge in [-0.3, -0.25) is 4.90 Å². The fraction of sp³-hybridized carbons (Fsp3) is 0.652. The van der Waals surface area contributed by atoms with Crippen LogP contribution in [0.15, 0.2) is 12.1 Å². The quantitative estimate of drug-likeness (QED) is 0.699. The molecule has 1 aliphatic rings. The number of ether oxygens (including phenoxy) is 2. The van der Waals surface area contributed by atoms with Crippen LogP contribution in [-0.2, 0) is 16.1 Å². The molecule has 2 rings (SSSR count). The van der Waals surface area contributed by atoms with Gasteiger partial charge in [0.1, 0.15) is 5.60 Å². The van der Waals surface area contributed by atoms with Crippen molar-refractivity contribution in [3.05, 3.63) is 29.1 Å². The lowest BCUT2D eigenvalue weighted by molar-refractivity contribution is -0.157. The average Bonchev–Trinajstić information content (AvgIpc) is 2.62. The first-order valence-corrected chi connectivity index (χ1v) is 10.5. The van der Waals surface area contributed by atoms with E-state index in [1.807, 2.05) is 20.8 Å². The second-order valence-corrected chi connectivity index (χ2v) is 10.2. The molecule has 0 aromatic heterocycles. The molecular formula is C23H35FN2O5. The predicted molar refractivity (Wildman–Crippen MR) is 116 cm³/mol. The van der Waals surface area contributed by atoms with Crippen LogP contribution >= 0.6 is 0 Å². The van der Waals surface area contributed by atoms with Crippen LogP contribution in [0.5, 0.6) is 5.75 Å². The van der Waals surface area contributed by atoms with Gasteiger partial charge in [-0.05, 0) is 38.7 Å². The zero-order valence-electron chi connectivity index (χ0n) is 19.6. The summed E-state index contributed by atoms with van der Waals surface area (Å²) in [6.07, 6.45) is -0.928. The van der Waals surface area contributed by atoms with E-state index >= 15 is 0 Å². The Morgan fingerprint density at radius 1 is 1.16 bits per heavy atom. The van der Waals surface area contributed by atoms with E-state index in [1.165, 1.54) is 4.90 Å². The molecule has 1 heterocycles. The first-order chi connectivity index (χ1) is 14.2. The molecule has 1 amide bonds. The van der Waals surface area contributed by atoms with Crippen molar-refractivity contribution in [3.63, 3.8) is 0 Å². The highest BCUT2D eigenvalue weighted by Gasteiger charge is 2.38. The monoisotopic (exact) mass is 438 g/mol. The molecule has 1 saturated heterocycles. The molecule has 0 radical (unpaired) electrons. The fourth-order valence-electron chi connectivity index (χ4n) is 3.67. The summed E-state index contributed by atoms with van der Waals surface area (Å²) >= 11 is 0. The van der Waals surface area contributed by atoms with E-state index in [0.29, 0.717) is 37.3 Å². The second kappa shape index (κ2) is 9.42. The molecule has 0 aliphatic carbocycles. The number of carbonyl (C=O) groups excluding carboxylic acids is 1. The molecule has 1 aliphatic heterocycles. The SMILES string of the molecule is Cc1ccc(CN2CCN(C(=O)O)C(C(C)(C)C)C2)c(OCC(=O)OC(C)(C)C)c1F. The van der Waals surface area contributed by atoms with Crippen LogP contribution in [0.25, 0.3) is 0 Å². The molecule has 1 fully saturated rings. The first-order valence-electron chi connectivity index (χ1n) is 10.5. The highest BCUT2D eigenvalue weighted by atomic mass is 19.1. The van der Waals surface area contributed by atoms with Crippen LogP contribution in [0, 0.1) is 18.2 Å². The Balaban J connectivity index is 2.18. The molecule has 1 unspecified atom stereocenters. The minimum Gasteiger partial charge on any atom is -0.478 e. The van der Waals surface area contributed by atoms with Gasteiger partial charge in [0.15, 0.2) is 18.2 Å². The summed E-state index contributed by atoms with van der Waals surface area (Å²) in [6.45, 7) is 14.4. The highest BCUT2D eigenvalue weighted by molar-refractivity contribution is 5.71. The number of hydrogen-bond acceptors (Lipinski definition) is 5. The summed E-state index contributed by atoms with van der Waals surface area (Å²) in [5, 5.41) is 9.56. The summed E-state index contributed by atoms with van der Waals surface area (Å²) in [7, 11) is 0. The number of piperazine rings is 1. The molecule has 8 heteroatoms. The van der Waals surface area contributed by atoms with E-state index < -0.39 is 23.5 Å².